The number of hydrogen-bond donors (Lipinski definition) is 1. The van der Waals surface area contributed by atoms with Crippen molar-refractivity contribution < 1.29 is 4.92 Å². The van der Waals surface area contributed by atoms with Crippen LogP contribution in [0.2, 0.25) is 5.02 Å². The van der Waals surface area contributed by atoms with E-state index in [0.29, 0.717) is 11.1 Å². The third kappa shape index (κ3) is 3.19. The average Bonchev–Trinajstić information content (AvgIpc) is 2.34. The van der Waals surface area contributed by atoms with E-state index in [1.54, 1.807) is 6.07 Å². The zero-order chi connectivity index (χ0) is 13.1. The maximum Gasteiger partial charge on any atom is 0.270 e. The van der Waals surface area contributed by atoms with Gasteiger partial charge in [0.1, 0.15) is 0 Å². The van der Waals surface area contributed by atoms with Gasteiger partial charge in [-0.3, -0.25) is 15.0 Å². The number of piperidine rings is 1. The van der Waals surface area contributed by atoms with Gasteiger partial charge in [-0.15, -0.1) is 0 Å². The van der Waals surface area contributed by atoms with Crippen LogP contribution in [-0.4, -0.2) is 29.0 Å². The average molecular weight is 270 g/mol. The van der Waals surface area contributed by atoms with Gasteiger partial charge in [-0.25, -0.2) is 0 Å². The number of nitro groups is 1. The number of halogens is 1. The van der Waals surface area contributed by atoms with Gasteiger partial charge in [0.15, 0.2) is 0 Å². The minimum atomic E-state index is -0.435. The fraction of sp³-hybridized carbons (Fsp3) is 0.500. The molecule has 0 unspecified atom stereocenters. The fourth-order valence-corrected chi connectivity index (χ4v) is 2.36. The highest BCUT2D eigenvalue weighted by molar-refractivity contribution is 6.31. The lowest BCUT2D eigenvalue weighted by molar-refractivity contribution is -0.384. The quantitative estimate of drug-likeness (QED) is 0.674. The predicted molar refractivity (Wildman–Crippen MR) is 70.6 cm³/mol. The molecule has 6 heteroatoms. The number of non-ortho nitro benzene ring substituents is 1. The molecule has 0 amide bonds. The van der Waals surface area contributed by atoms with Gasteiger partial charge in [0.05, 0.1) is 9.95 Å². The van der Waals surface area contributed by atoms with Crippen LogP contribution in [0.4, 0.5) is 5.69 Å². The fourth-order valence-electron chi connectivity index (χ4n) is 2.13. The first kappa shape index (κ1) is 13.3. The van der Waals surface area contributed by atoms with Crippen molar-refractivity contribution in [2.45, 2.75) is 25.4 Å². The molecule has 1 aromatic rings. The lowest BCUT2D eigenvalue weighted by Gasteiger charge is -2.30. The minimum absolute atomic E-state index is 0.0319. The molecule has 1 heterocycles. The maximum absolute atomic E-state index is 10.6. The normalized spacial score (nSPS) is 17.9. The van der Waals surface area contributed by atoms with E-state index >= 15 is 0 Å². The Kier molecular flexibility index (Phi) is 4.16. The lowest BCUT2D eigenvalue weighted by atomic mass is 10.1. The number of nitrogens with zero attached hydrogens (tertiary/aromatic N) is 2. The molecular formula is C12H16ClN3O2. The van der Waals surface area contributed by atoms with Crippen LogP contribution in [-0.2, 0) is 6.54 Å². The van der Waals surface area contributed by atoms with E-state index in [1.165, 1.54) is 12.1 Å². The van der Waals surface area contributed by atoms with E-state index in [-0.39, 0.29) is 5.69 Å². The number of nitro benzene ring substituents is 1. The van der Waals surface area contributed by atoms with Crippen molar-refractivity contribution >= 4 is 17.3 Å². The largest absolute Gasteiger partial charge is 0.328 e. The summed E-state index contributed by atoms with van der Waals surface area (Å²) >= 11 is 6.07. The zero-order valence-corrected chi connectivity index (χ0v) is 10.8. The summed E-state index contributed by atoms with van der Waals surface area (Å²) < 4.78 is 0. The standard InChI is InChI=1S/C12H16ClN3O2/c13-12-7-11(16(17)18)2-1-9(12)8-15-5-3-10(14)4-6-15/h1-2,7,10H,3-6,8,14H2. The SMILES string of the molecule is NC1CCN(Cc2ccc([N+](=O)[O-])cc2Cl)CC1. The van der Waals surface area contributed by atoms with Crippen molar-refractivity contribution in [3.63, 3.8) is 0 Å². The number of nitrogens with two attached hydrogens (primary N) is 1. The molecule has 0 spiro atoms. The maximum atomic E-state index is 10.6. The van der Waals surface area contributed by atoms with Crippen molar-refractivity contribution in [3.8, 4) is 0 Å². The van der Waals surface area contributed by atoms with Crippen molar-refractivity contribution in [1.82, 2.24) is 4.90 Å². The van der Waals surface area contributed by atoms with Gasteiger partial charge < -0.3 is 5.73 Å². The Morgan fingerprint density at radius 3 is 2.67 bits per heavy atom. The van der Waals surface area contributed by atoms with E-state index < -0.39 is 4.92 Å². The summed E-state index contributed by atoms with van der Waals surface area (Å²) in [6, 6.07) is 4.94. The molecule has 0 atom stereocenters. The molecule has 0 aliphatic carbocycles. The number of likely N-dealkylation sites (tertiary alicyclic amines) is 1. The number of rotatable bonds is 3. The molecule has 1 aliphatic rings. The van der Waals surface area contributed by atoms with Gasteiger partial charge in [0, 0.05) is 24.7 Å². The van der Waals surface area contributed by atoms with Crippen LogP contribution in [0.25, 0.3) is 0 Å². The Bertz CT molecular complexity index is 445. The van der Waals surface area contributed by atoms with Crippen LogP contribution < -0.4 is 5.73 Å². The van der Waals surface area contributed by atoms with Gasteiger partial charge in [-0.1, -0.05) is 11.6 Å². The molecule has 1 aliphatic heterocycles. The summed E-state index contributed by atoms with van der Waals surface area (Å²) in [5.74, 6) is 0. The predicted octanol–water partition coefficient (Wildman–Crippen LogP) is 2.17. The Morgan fingerprint density at radius 1 is 1.44 bits per heavy atom. The molecule has 5 nitrogen and oxygen atoms in total. The van der Waals surface area contributed by atoms with Crippen LogP contribution >= 0.6 is 11.6 Å². The van der Waals surface area contributed by atoms with Crippen LogP contribution in [0.1, 0.15) is 18.4 Å². The van der Waals surface area contributed by atoms with Gasteiger partial charge >= 0.3 is 0 Å². The molecule has 0 saturated carbocycles. The van der Waals surface area contributed by atoms with E-state index in [9.17, 15) is 10.1 Å². The van der Waals surface area contributed by atoms with E-state index in [4.69, 9.17) is 17.3 Å². The Hall–Kier alpha value is -1.17. The van der Waals surface area contributed by atoms with E-state index in [2.05, 4.69) is 4.90 Å². The van der Waals surface area contributed by atoms with Crippen LogP contribution in [0.3, 0.4) is 0 Å². The van der Waals surface area contributed by atoms with Crippen molar-refractivity contribution in [2.75, 3.05) is 13.1 Å². The third-order valence-corrected chi connectivity index (χ3v) is 3.63. The summed E-state index contributed by atoms with van der Waals surface area (Å²) in [5, 5.41) is 11.1. The van der Waals surface area contributed by atoms with Crippen molar-refractivity contribution in [1.29, 1.82) is 0 Å². The van der Waals surface area contributed by atoms with Gasteiger partial charge in [-0.2, -0.15) is 0 Å². The smallest absolute Gasteiger partial charge is 0.270 e. The molecule has 0 aromatic heterocycles. The van der Waals surface area contributed by atoms with Gasteiger partial charge in [-0.05, 0) is 37.6 Å². The summed E-state index contributed by atoms with van der Waals surface area (Å²) in [5.41, 5.74) is 6.81. The van der Waals surface area contributed by atoms with Gasteiger partial charge in [0.25, 0.3) is 5.69 Å². The highest BCUT2D eigenvalue weighted by atomic mass is 35.5. The first-order chi connectivity index (χ1) is 8.56. The van der Waals surface area contributed by atoms with Crippen molar-refractivity contribution in [3.05, 3.63) is 38.9 Å². The second kappa shape index (κ2) is 5.65. The van der Waals surface area contributed by atoms with Crippen molar-refractivity contribution in [2.24, 2.45) is 5.73 Å². The molecule has 1 aromatic carbocycles. The number of benzene rings is 1. The molecule has 0 bridgehead atoms. The monoisotopic (exact) mass is 269 g/mol. The second-order valence-electron chi connectivity index (χ2n) is 4.65. The molecule has 18 heavy (non-hydrogen) atoms. The molecule has 1 saturated heterocycles. The van der Waals surface area contributed by atoms with Crippen LogP contribution in [0.15, 0.2) is 18.2 Å². The first-order valence-electron chi connectivity index (χ1n) is 5.97. The number of hydrogen-bond acceptors (Lipinski definition) is 4. The molecule has 2 N–H and O–H groups in total. The third-order valence-electron chi connectivity index (χ3n) is 3.27. The Balaban J connectivity index is 2.03. The Morgan fingerprint density at radius 2 is 2.11 bits per heavy atom. The topological polar surface area (TPSA) is 72.4 Å². The van der Waals surface area contributed by atoms with Crippen LogP contribution in [0.5, 0.6) is 0 Å². The van der Waals surface area contributed by atoms with E-state index in [1.807, 2.05) is 0 Å². The molecule has 98 valence electrons. The summed E-state index contributed by atoms with van der Waals surface area (Å²) in [7, 11) is 0. The second-order valence-corrected chi connectivity index (χ2v) is 5.05. The Labute approximate surface area is 111 Å². The summed E-state index contributed by atoms with van der Waals surface area (Å²) in [4.78, 5) is 12.5. The zero-order valence-electron chi connectivity index (χ0n) is 10.0. The first-order valence-corrected chi connectivity index (χ1v) is 6.35. The van der Waals surface area contributed by atoms with Crippen LogP contribution in [0, 0.1) is 10.1 Å². The summed E-state index contributed by atoms with van der Waals surface area (Å²) in [6.07, 6.45) is 1.98. The minimum Gasteiger partial charge on any atom is -0.328 e. The highest BCUT2D eigenvalue weighted by Crippen LogP contribution is 2.24. The molecule has 0 radical (unpaired) electrons. The molecule has 2 rings (SSSR count). The highest BCUT2D eigenvalue weighted by Gasteiger charge is 2.17. The molecular weight excluding hydrogens is 254 g/mol. The summed E-state index contributed by atoms with van der Waals surface area (Å²) in [6.45, 7) is 2.63. The lowest BCUT2D eigenvalue weighted by Crippen LogP contribution is -2.39. The molecule has 1 fully saturated rings. The van der Waals surface area contributed by atoms with Gasteiger partial charge in [0.2, 0.25) is 0 Å². The van der Waals surface area contributed by atoms with E-state index in [0.717, 1.165) is 38.0 Å².